The Labute approximate surface area is 244 Å². The molecule has 0 saturated heterocycles. The third-order valence-corrected chi connectivity index (χ3v) is 8.66. The van der Waals surface area contributed by atoms with Crippen LogP contribution in [0, 0.1) is 11.7 Å². The van der Waals surface area contributed by atoms with Crippen molar-refractivity contribution in [3.63, 3.8) is 0 Å². The van der Waals surface area contributed by atoms with E-state index in [1.54, 1.807) is 30.7 Å². The normalized spacial score (nSPS) is 14.3. The zero-order valence-electron chi connectivity index (χ0n) is 22.8. The number of rotatable bonds is 7. The van der Waals surface area contributed by atoms with Crippen LogP contribution < -0.4 is 11.1 Å². The van der Waals surface area contributed by atoms with Crippen molar-refractivity contribution in [1.82, 2.24) is 30.1 Å². The fourth-order valence-corrected chi connectivity index (χ4v) is 5.70. The third kappa shape index (κ3) is 5.13. The number of nitrogens with zero attached hydrogens (tertiary/aromatic N) is 4. The number of sulfone groups is 1. The standard InChI is InChI=1S/C30H25FN8O3S/c1-43(41,42)28(32)17-8-16(9-19(31)10-17)21-6-7-34-29-22(21)12-25(37-29)27-26-24(38-39-27)5-4-23(36-26)18-11-20(14-33-13-18)35-30(40)15-2-3-15/h4-15,28H,2-3,32H2,1H3,(H,34,37)(H,35,40)(H,38,39). The van der Waals surface area contributed by atoms with Gasteiger partial charge in [0.25, 0.3) is 0 Å². The molecule has 0 aliphatic heterocycles. The van der Waals surface area contributed by atoms with E-state index in [9.17, 15) is 17.6 Å². The summed E-state index contributed by atoms with van der Waals surface area (Å²) < 4.78 is 38.7. The molecule has 1 amide bonds. The van der Waals surface area contributed by atoms with E-state index in [0.717, 1.165) is 30.7 Å². The molecule has 11 nitrogen and oxygen atoms in total. The number of carbonyl (C=O) groups is 1. The van der Waals surface area contributed by atoms with Crippen molar-refractivity contribution < 1.29 is 17.6 Å². The summed E-state index contributed by atoms with van der Waals surface area (Å²) in [4.78, 5) is 29.1. The lowest BCUT2D eigenvalue weighted by molar-refractivity contribution is -0.117. The zero-order chi connectivity index (χ0) is 29.9. The largest absolute Gasteiger partial charge is 0.338 e. The molecule has 1 saturated carbocycles. The second-order valence-electron chi connectivity index (χ2n) is 10.7. The van der Waals surface area contributed by atoms with Gasteiger partial charge in [-0.25, -0.2) is 22.8 Å². The van der Waals surface area contributed by atoms with Crippen molar-refractivity contribution in [1.29, 1.82) is 0 Å². The summed E-state index contributed by atoms with van der Waals surface area (Å²) >= 11 is 0. The van der Waals surface area contributed by atoms with Gasteiger partial charge in [-0.2, -0.15) is 5.10 Å². The number of nitrogens with two attached hydrogens (primary N) is 1. The molecule has 1 unspecified atom stereocenters. The second-order valence-corrected chi connectivity index (χ2v) is 12.9. The van der Waals surface area contributed by atoms with Gasteiger partial charge in [0, 0.05) is 35.5 Å². The lowest BCUT2D eigenvalue weighted by atomic mass is 10.0. The van der Waals surface area contributed by atoms with Crippen LogP contribution in [0.15, 0.2) is 67.1 Å². The van der Waals surface area contributed by atoms with Crippen LogP contribution in [0.2, 0.25) is 0 Å². The van der Waals surface area contributed by atoms with E-state index in [-0.39, 0.29) is 17.4 Å². The minimum Gasteiger partial charge on any atom is -0.338 e. The molecule has 5 aromatic heterocycles. The summed E-state index contributed by atoms with van der Waals surface area (Å²) in [5, 5.41) is 9.74. The van der Waals surface area contributed by atoms with Crippen LogP contribution in [-0.2, 0) is 14.6 Å². The van der Waals surface area contributed by atoms with E-state index in [0.29, 0.717) is 56.0 Å². The Bertz CT molecular complexity index is 2170. The molecule has 1 aliphatic carbocycles. The van der Waals surface area contributed by atoms with Gasteiger partial charge in [0.1, 0.15) is 28.0 Å². The van der Waals surface area contributed by atoms with Crippen LogP contribution in [0.25, 0.3) is 55.8 Å². The highest BCUT2D eigenvalue weighted by molar-refractivity contribution is 7.90. The molecular formula is C30H25FN8O3S. The molecule has 5 N–H and O–H groups in total. The number of hydrogen-bond acceptors (Lipinski definition) is 8. The summed E-state index contributed by atoms with van der Waals surface area (Å²) in [6, 6.07) is 13.2. The quantitative estimate of drug-likeness (QED) is 0.205. The predicted molar refractivity (Wildman–Crippen MR) is 161 cm³/mol. The highest BCUT2D eigenvalue weighted by atomic mass is 32.2. The number of halogens is 1. The molecule has 1 fully saturated rings. The Kier molecular flexibility index (Phi) is 6.29. The van der Waals surface area contributed by atoms with Crippen LogP contribution in [0.3, 0.4) is 0 Å². The van der Waals surface area contributed by atoms with Crippen LogP contribution in [0.5, 0.6) is 0 Å². The maximum Gasteiger partial charge on any atom is 0.227 e. The number of pyridine rings is 3. The fourth-order valence-electron chi connectivity index (χ4n) is 5.07. The molecule has 1 atom stereocenters. The number of carbonyl (C=O) groups excluding carboxylic acids is 1. The van der Waals surface area contributed by atoms with Gasteiger partial charge in [0.05, 0.1) is 28.8 Å². The summed E-state index contributed by atoms with van der Waals surface area (Å²) in [7, 11) is -3.64. The lowest BCUT2D eigenvalue weighted by Gasteiger charge is -2.12. The molecule has 1 aromatic carbocycles. The monoisotopic (exact) mass is 596 g/mol. The fraction of sp³-hybridized carbons (Fsp3) is 0.167. The number of anilines is 1. The molecule has 13 heteroatoms. The first kappa shape index (κ1) is 26.9. The summed E-state index contributed by atoms with van der Waals surface area (Å²) in [5.41, 5.74) is 12.2. The summed E-state index contributed by atoms with van der Waals surface area (Å²) in [6.45, 7) is 0. The van der Waals surface area contributed by atoms with Crippen LogP contribution in [0.1, 0.15) is 23.8 Å². The van der Waals surface area contributed by atoms with Crippen LogP contribution >= 0.6 is 0 Å². The van der Waals surface area contributed by atoms with E-state index < -0.39 is 21.0 Å². The smallest absolute Gasteiger partial charge is 0.227 e. The number of fused-ring (bicyclic) bond motifs is 2. The lowest BCUT2D eigenvalue weighted by Crippen LogP contribution is -2.20. The molecule has 43 heavy (non-hydrogen) atoms. The van der Waals surface area contributed by atoms with Gasteiger partial charge >= 0.3 is 0 Å². The average Bonchev–Trinajstić information content (AvgIpc) is 3.62. The Morgan fingerprint density at radius 3 is 2.72 bits per heavy atom. The molecule has 7 rings (SSSR count). The van der Waals surface area contributed by atoms with Crippen molar-refractivity contribution in [3.8, 4) is 33.8 Å². The number of aromatic nitrogens is 6. The van der Waals surface area contributed by atoms with Crippen molar-refractivity contribution >= 4 is 43.5 Å². The SMILES string of the molecule is CS(=O)(=O)C(N)c1cc(F)cc(-c2ccnc3[nH]c(-c4n[nH]c5ccc(-c6cncc(NC(=O)C7CC7)c6)nc45)cc23)c1. The van der Waals surface area contributed by atoms with Gasteiger partial charge in [-0.15, -0.1) is 0 Å². The van der Waals surface area contributed by atoms with Crippen molar-refractivity contribution in [3.05, 3.63) is 78.5 Å². The van der Waals surface area contributed by atoms with Gasteiger partial charge in [-0.05, 0) is 78.1 Å². The number of aromatic amines is 2. The molecule has 0 radical (unpaired) electrons. The molecule has 1 aliphatic rings. The van der Waals surface area contributed by atoms with Gasteiger partial charge < -0.3 is 16.0 Å². The number of amides is 1. The first-order valence-electron chi connectivity index (χ1n) is 13.5. The van der Waals surface area contributed by atoms with Gasteiger partial charge in [-0.1, -0.05) is 0 Å². The number of hydrogen-bond donors (Lipinski definition) is 4. The molecule has 216 valence electrons. The molecule has 0 bridgehead atoms. The Morgan fingerprint density at radius 2 is 1.93 bits per heavy atom. The highest BCUT2D eigenvalue weighted by Crippen LogP contribution is 2.35. The predicted octanol–water partition coefficient (Wildman–Crippen LogP) is 4.72. The second kappa shape index (κ2) is 10.1. The van der Waals surface area contributed by atoms with Crippen molar-refractivity contribution in [2.45, 2.75) is 18.2 Å². The first-order valence-corrected chi connectivity index (χ1v) is 15.4. The van der Waals surface area contributed by atoms with E-state index >= 15 is 0 Å². The molecular weight excluding hydrogens is 571 g/mol. The van der Waals surface area contributed by atoms with Crippen LogP contribution in [0.4, 0.5) is 10.1 Å². The van der Waals surface area contributed by atoms with Crippen molar-refractivity contribution in [2.75, 3.05) is 11.6 Å². The molecule has 6 aromatic rings. The summed E-state index contributed by atoms with van der Waals surface area (Å²) in [5.74, 6) is -0.530. The minimum absolute atomic E-state index is 0.000946. The van der Waals surface area contributed by atoms with E-state index in [2.05, 4.69) is 30.5 Å². The molecule has 0 spiro atoms. The van der Waals surface area contributed by atoms with E-state index in [1.807, 2.05) is 24.3 Å². The third-order valence-electron chi connectivity index (χ3n) is 7.47. The Balaban J connectivity index is 1.27. The topological polar surface area (TPSA) is 172 Å². The maximum atomic E-state index is 14.6. The Morgan fingerprint density at radius 1 is 1.09 bits per heavy atom. The highest BCUT2D eigenvalue weighted by Gasteiger charge is 2.29. The van der Waals surface area contributed by atoms with Gasteiger partial charge in [0.15, 0.2) is 9.84 Å². The minimum atomic E-state index is -3.64. The van der Waals surface area contributed by atoms with Crippen molar-refractivity contribution in [2.24, 2.45) is 11.7 Å². The first-order chi connectivity index (χ1) is 20.6. The van der Waals surface area contributed by atoms with Gasteiger partial charge in [-0.3, -0.25) is 14.9 Å². The molecule has 5 heterocycles. The Hall–Kier alpha value is -5.01. The average molecular weight is 597 g/mol. The van der Waals surface area contributed by atoms with E-state index in [1.165, 1.54) is 6.07 Å². The number of nitrogens with one attached hydrogen (secondary N) is 3. The number of H-pyrrole nitrogens is 2. The van der Waals surface area contributed by atoms with Crippen LogP contribution in [-0.4, -0.2) is 50.7 Å². The van der Waals surface area contributed by atoms with E-state index in [4.69, 9.17) is 10.7 Å². The van der Waals surface area contributed by atoms with Gasteiger partial charge in [0.2, 0.25) is 5.91 Å². The summed E-state index contributed by atoms with van der Waals surface area (Å²) in [6.07, 6.45) is 7.71. The number of benzene rings is 1. The maximum absolute atomic E-state index is 14.6. The zero-order valence-corrected chi connectivity index (χ0v) is 23.6.